The molecule has 88 valence electrons. The predicted molar refractivity (Wildman–Crippen MR) is 60.7 cm³/mol. The number of hydrogen-bond donors (Lipinski definition) is 2. The van der Waals surface area contributed by atoms with Crippen LogP contribution < -0.4 is 10.6 Å². The van der Waals surface area contributed by atoms with Gasteiger partial charge in [-0.15, -0.1) is 0 Å². The van der Waals surface area contributed by atoms with E-state index in [1.54, 1.807) is 0 Å². The van der Waals surface area contributed by atoms with Crippen LogP contribution >= 0.6 is 0 Å². The monoisotopic (exact) mass is 222 g/mol. The molecule has 16 heavy (non-hydrogen) atoms. The highest BCUT2D eigenvalue weighted by Crippen LogP contribution is 2.28. The Bertz CT molecular complexity index is 411. The number of nitrogens with one attached hydrogen (secondary N) is 2. The standard InChI is InChI=1S/C12H18N2O2/c1-7(2)12(4)11(15)13-10(14-12)9-6-5-8(3)16-9/h5-7,10,14H,1-4H3,(H,13,15). The number of carbonyl (C=O) groups excluding carboxylic acids is 1. The summed E-state index contributed by atoms with van der Waals surface area (Å²) in [4.78, 5) is 11.9. The number of rotatable bonds is 2. The summed E-state index contributed by atoms with van der Waals surface area (Å²) >= 11 is 0. The zero-order valence-electron chi connectivity index (χ0n) is 10.1. The third-order valence-electron chi connectivity index (χ3n) is 3.39. The molecule has 1 aromatic rings. The Labute approximate surface area is 95.4 Å². The van der Waals surface area contributed by atoms with Crippen molar-refractivity contribution in [3.8, 4) is 0 Å². The molecule has 1 saturated heterocycles. The van der Waals surface area contributed by atoms with Crippen LogP contribution in [0.4, 0.5) is 0 Å². The Morgan fingerprint density at radius 2 is 2.12 bits per heavy atom. The highest BCUT2D eigenvalue weighted by Gasteiger charge is 2.45. The fourth-order valence-corrected chi connectivity index (χ4v) is 1.86. The van der Waals surface area contributed by atoms with E-state index in [2.05, 4.69) is 10.6 Å². The molecule has 0 spiro atoms. The molecular weight excluding hydrogens is 204 g/mol. The van der Waals surface area contributed by atoms with E-state index in [0.717, 1.165) is 11.5 Å². The maximum atomic E-state index is 11.9. The van der Waals surface area contributed by atoms with Crippen LogP contribution in [0.2, 0.25) is 0 Å². The molecule has 1 fully saturated rings. The quantitative estimate of drug-likeness (QED) is 0.801. The molecule has 0 aliphatic carbocycles. The van der Waals surface area contributed by atoms with Gasteiger partial charge in [-0.3, -0.25) is 10.1 Å². The van der Waals surface area contributed by atoms with Gasteiger partial charge in [0, 0.05) is 0 Å². The van der Waals surface area contributed by atoms with Crippen molar-refractivity contribution in [2.24, 2.45) is 5.92 Å². The number of amides is 1. The predicted octanol–water partition coefficient (Wildman–Crippen LogP) is 1.72. The van der Waals surface area contributed by atoms with Gasteiger partial charge in [0.25, 0.3) is 0 Å². The van der Waals surface area contributed by atoms with Crippen molar-refractivity contribution in [1.82, 2.24) is 10.6 Å². The SMILES string of the molecule is Cc1ccc(C2NC(=O)C(C)(C(C)C)N2)o1. The van der Waals surface area contributed by atoms with Crippen molar-refractivity contribution >= 4 is 5.91 Å². The van der Waals surface area contributed by atoms with E-state index in [4.69, 9.17) is 4.42 Å². The molecule has 1 aliphatic heterocycles. The number of carbonyl (C=O) groups is 1. The molecule has 1 amide bonds. The average Bonchev–Trinajstić information content (AvgIpc) is 2.73. The van der Waals surface area contributed by atoms with Crippen LogP contribution in [0.5, 0.6) is 0 Å². The van der Waals surface area contributed by atoms with Crippen molar-refractivity contribution in [1.29, 1.82) is 0 Å². The summed E-state index contributed by atoms with van der Waals surface area (Å²) in [7, 11) is 0. The highest BCUT2D eigenvalue weighted by atomic mass is 16.3. The second-order valence-corrected chi connectivity index (χ2v) is 4.86. The molecule has 0 radical (unpaired) electrons. The largest absolute Gasteiger partial charge is 0.463 e. The van der Waals surface area contributed by atoms with Crippen molar-refractivity contribution < 1.29 is 9.21 Å². The van der Waals surface area contributed by atoms with Gasteiger partial charge in [-0.05, 0) is 31.9 Å². The molecule has 0 bridgehead atoms. The van der Waals surface area contributed by atoms with E-state index >= 15 is 0 Å². The van der Waals surface area contributed by atoms with Crippen LogP contribution in [0.3, 0.4) is 0 Å². The second kappa shape index (κ2) is 3.63. The molecule has 2 unspecified atom stereocenters. The lowest BCUT2D eigenvalue weighted by Gasteiger charge is -2.26. The molecule has 4 heteroatoms. The molecule has 0 saturated carbocycles. The smallest absolute Gasteiger partial charge is 0.241 e. The van der Waals surface area contributed by atoms with Crippen LogP contribution in [0.15, 0.2) is 16.5 Å². The molecule has 2 rings (SSSR count). The van der Waals surface area contributed by atoms with E-state index in [0.29, 0.717) is 0 Å². The Morgan fingerprint density at radius 3 is 2.56 bits per heavy atom. The van der Waals surface area contributed by atoms with Gasteiger partial charge in [0.2, 0.25) is 5.91 Å². The summed E-state index contributed by atoms with van der Waals surface area (Å²) in [6.45, 7) is 7.87. The molecule has 1 aromatic heterocycles. The van der Waals surface area contributed by atoms with Crippen molar-refractivity contribution in [2.75, 3.05) is 0 Å². The maximum absolute atomic E-state index is 11.9. The summed E-state index contributed by atoms with van der Waals surface area (Å²) in [6, 6.07) is 3.79. The molecule has 2 atom stereocenters. The zero-order valence-corrected chi connectivity index (χ0v) is 10.1. The lowest BCUT2D eigenvalue weighted by atomic mass is 9.89. The van der Waals surface area contributed by atoms with Gasteiger partial charge in [0.15, 0.2) is 0 Å². The van der Waals surface area contributed by atoms with Gasteiger partial charge in [-0.25, -0.2) is 0 Å². The Kier molecular flexibility index (Phi) is 2.54. The number of aryl methyl sites for hydroxylation is 1. The summed E-state index contributed by atoms with van der Waals surface area (Å²) in [5.41, 5.74) is -0.522. The van der Waals surface area contributed by atoms with Crippen molar-refractivity contribution in [2.45, 2.75) is 39.4 Å². The summed E-state index contributed by atoms with van der Waals surface area (Å²) in [5, 5.41) is 6.20. The van der Waals surface area contributed by atoms with Gasteiger partial charge >= 0.3 is 0 Å². The molecule has 4 nitrogen and oxygen atoms in total. The minimum Gasteiger partial charge on any atom is -0.463 e. The first-order valence-corrected chi connectivity index (χ1v) is 5.58. The summed E-state index contributed by atoms with van der Waals surface area (Å²) < 4.78 is 5.51. The molecule has 1 aliphatic rings. The van der Waals surface area contributed by atoms with Crippen LogP contribution in [0.25, 0.3) is 0 Å². The third-order valence-corrected chi connectivity index (χ3v) is 3.39. The first-order valence-electron chi connectivity index (χ1n) is 5.58. The Balaban J connectivity index is 2.21. The van der Waals surface area contributed by atoms with Gasteiger partial charge in [-0.1, -0.05) is 13.8 Å². The van der Waals surface area contributed by atoms with Crippen LogP contribution in [0.1, 0.15) is 38.5 Å². The van der Waals surface area contributed by atoms with Crippen LogP contribution in [-0.2, 0) is 4.79 Å². The first-order chi connectivity index (χ1) is 7.43. The fourth-order valence-electron chi connectivity index (χ4n) is 1.86. The summed E-state index contributed by atoms with van der Waals surface area (Å²) in [6.07, 6.45) is -0.214. The van der Waals surface area contributed by atoms with E-state index < -0.39 is 5.54 Å². The van der Waals surface area contributed by atoms with E-state index in [1.807, 2.05) is 39.8 Å². The van der Waals surface area contributed by atoms with Crippen molar-refractivity contribution in [3.05, 3.63) is 23.7 Å². The van der Waals surface area contributed by atoms with Crippen LogP contribution in [0, 0.1) is 12.8 Å². The van der Waals surface area contributed by atoms with E-state index in [9.17, 15) is 4.79 Å². The lowest BCUT2D eigenvalue weighted by molar-refractivity contribution is -0.125. The second-order valence-electron chi connectivity index (χ2n) is 4.86. The third kappa shape index (κ3) is 1.63. The van der Waals surface area contributed by atoms with Gasteiger partial charge < -0.3 is 9.73 Å². The summed E-state index contributed by atoms with van der Waals surface area (Å²) in [5.74, 6) is 1.87. The number of hydrogen-bond acceptors (Lipinski definition) is 3. The molecule has 0 aromatic carbocycles. The topological polar surface area (TPSA) is 54.3 Å². The maximum Gasteiger partial charge on any atom is 0.241 e. The minimum atomic E-state index is -0.522. The van der Waals surface area contributed by atoms with Gasteiger partial charge in [0.1, 0.15) is 17.7 Å². The van der Waals surface area contributed by atoms with Crippen molar-refractivity contribution in [3.63, 3.8) is 0 Å². The lowest BCUT2D eigenvalue weighted by Crippen LogP contribution is -2.48. The van der Waals surface area contributed by atoms with Gasteiger partial charge in [-0.2, -0.15) is 0 Å². The number of furan rings is 1. The zero-order chi connectivity index (χ0) is 11.9. The Morgan fingerprint density at radius 1 is 1.44 bits per heavy atom. The molecule has 2 N–H and O–H groups in total. The molecular formula is C12H18N2O2. The average molecular weight is 222 g/mol. The van der Waals surface area contributed by atoms with E-state index in [1.165, 1.54) is 0 Å². The normalized spacial score (nSPS) is 29.8. The minimum absolute atomic E-state index is 0.0292. The Hall–Kier alpha value is -1.29. The highest BCUT2D eigenvalue weighted by molar-refractivity contribution is 5.88. The van der Waals surface area contributed by atoms with Crippen LogP contribution in [-0.4, -0.2) is 11.4 Å². The first kappa shape index (κ1) is 11.2. The van der Waals surface area contributed by atoms with E-state index in [-0.39, 0.29) is 18.0 Å². The fraction of sp³-hybridized carbons (Fsp3) is 0.583. The van der Waals surface area contributed by atoms with Gasteiger partial charge in [0.05, 0.1) is 5.54 Å². The molecule has 2 heterocycles.